The van der Waals surface area contributed by atoms with Crippen LogP contribution in [0.15, 0.2) is 36.0 Å². The highest BCUT2D eigenvalue weighted by atomic mass is 16.4. The lowest BCUT2D eigenvalue weighted by molar-refractivity contribution is 0.0697. The summed E-state index contributed by atoms with van der Waals surface area (Å²) >= 11 is 0. The summed E-state index contributed by atoms with van der Waals surface area (Å²) in [5.41, 5.74) is 1.92. The third kappa shape index (κ3) is 3.84. The monoisotopic (exact) mass is 260 g/mol. The number of amides is 2. The Morgan fingerprint density at radius 2 is 1.89 bits per heavy atom. The highest BCUT2D eigenvalue weighted by molar-refractivity contribution is 5.91. The summed E-state index contributed by atoms with van der Waals surface area (Å²) < 4.78 is 0. The van der Waals surface area contributed by atoms with Gasteiger partial charge in [0.05, 0.1) is 5.56 Å². The second-order valence-electron chi connectivity index (χ2n) is 4.64. The lowest BCUT2D eigenvalue weighted by atomic mass is 10.2. The molecule has 0 aromatic heterocycles. The molecule has 0 aliphatic heterocycles. The molecule has 3 N–H and O–H groups in total. The molecule has 100 valence electrons. The van der Waals surface area contributed by atoms with Crippen LogP contribution in [-0.2, 0) is 0 Å². The van der Waals surface area contributed by atoms with Gasteiger partial charge in [0.1, 0.15) is 0 Å². The number of hydrogen-bond donors (Lipinski definition) is 3. The number of carboxylic acids is 1. The van der Waals surface area contributed by atoms with Gasteiger partial charge in [-0.15, -0.1) is 0 Å². The van der Waals surface area contributed by atoms with Crippen molar-refractivity contribution in [3.8, 4) is 0 Å². The van der Waals surface area contributed by atoms with Gasteiger partial charge in [-0.05, 0) is 49.9 Å². The Kier molecular flexibility index (Phi) is 3.85. The van der Waals surface area contributed by atoms with Crippen molar-refractivity contribution in [1.29, 1.82) is 0 Å². The van der Waals surface area contributed by atoms with Crippen LogP contribution in [0.1, 0.15) is 30.1 Å². The number of rotatable bonds is 4. The van der Waals surface area contributed by atoms with Gasteiger partial charge in [0, 0.05) is 11.9 Å². The lowest BCUT2D eigenvalue weighted by Gasteiger charge is -2.06. The lowest BCUT2D eigenvalue weighted by Crippen LogP contribution is -2.24. The van der Waals surface area contributed by atoms with Crippen LogP contribution in [0, 0.1) is 5.92 Å². The number of carbonyl (C=O) groups is 2. The molecule has 0 atom stereocenters. The van der Waals surface area contributed by atoms with Crippen LogP contribution in [0.2, 0.25) is 0 Å². The van der Waals surface area contributed by atoms with Crippen molar-refractivity contribution in [1.82, 2.24) is 5.32 Å². The molecule has 2 amide bonds. The fraction of sp³-hybridized carbons (Fsp3) is 0.286. The van der Waals surface area contributed by atoms with Gasteiger partial charge in [-0.2, -0.15) is 0 Å². The molecule has 1 fully saturated rings. The third-order valence-electron chi connectivity index (χ3n) is 3.04. The van der Waals surface area contributed by atoms with Crippen molar-refractivity contribution < 1.29 is 14.7 Å². The molecule has 19 heavy (non-hydrogen) atoms. The second-order valence-corrected chi connectivity index (χ2v) is 4.64. The number of carboxylic acid groups (broad SMARTS) is 1. The normalized spacial score (nSPS) is 14.9. The van der Waals surface area contributed by atoms with Gasteiger partial charge >= 0.3 is 12.0 Å². The Morgan fingerprint density at radius 1 is 1.26 bits per heavy atom. The first-order valence-corrected chi connectivity index (χ1v) is 6.14. The molecule has 0 unspecified atom stereocenters. The van der Waals surface area contributed by atoms with Gasteiger partial charge in [-0.25, -0.2) is 9.59 Å². The van der Waals surface area contributed by atoms with Crippen LogP contribution in [0.5, 0.6) is 0 Å². The van der Waals surface area contributed by atoms with Gasteiger partial charge in [0.2, 0.25) is 0 Å². The molecule has 1 aromatic rings. The van der Waals surface area contributed by atoms with Gasteiger partial charge in [-0.3, -0.25) is 0 Å². The van der Waals surface area contributed by atoms with E-state index in [0.717, 1.165) is 0 Å². The SMILES string of the molecule is C/C(=C\NC(=O)Nc1ccc(C(=O)O)cc1)C1CC1. The predicted octanol–water partition coefficient (Wildman–Crippen LogP) is 2.82. The maximum Gasteiger partial charge on any atom is 0.335 e. The highest BCUT2D eigenvalue weighted by Crippen LogP contribution is 2.35. The topological polar surface area (TPSA) is 78.4 Å². The van der Waals surface area contributed by atoms with E-state index in [4.69, 9.17) is 5.11 Å². The van der Waals surface area contributed by atoms with Gasteiger partial charge in [0.15, 0.2) is 0 Å². The number of hydrogen-bond acceptors (Lipinski definition) is 2. The van der Waals surface area contributed by atoms with Gasteiger partial charge in [-0.1, -0.05) is 5.57 Å². The minimum atomic E-state index is -0.987. The quantitative estimate of drug-likeness (QED) is 0.778. The molecule has 5 nitrogen and oxygen atoms in total. The van der Waals surface area contributed by atoms with Gasteiger partial charge in [0.25, 0.3) is 0 Å². The number of allylic oxidation sites excluding steroid dienone is 1. The zero-order valence-corrected chi connectivity index (χ0v) is 10.6. The van der Waals surface area contributed by atoms with Crippen LogP contribution in [-0.4, -0.2) is 17.1 Å². The van der Waals surface area contributed by atoms with Crippen LogP contribution < -0.4 is 10.6 Å². The van der Waals surface area contributed by atoms with E-state index >= 15 is 0 Å². The van der Waals surface area contributed by atoms with Crippen molar-refractivity contribution in [2.24, 2.45) is 5.92 Å². The summed E-state index contributed by atoms with van der Waals surface area (Å²) in [5, 5.41) is 14.0. The fourth-order valence-corrected chi connectivity index (χ4v) is 1.70. The zero-order chi connectivity index (χ0) is 13.8. The minimum Gasteiger partial charge on any atom is -0.478 e. The van der Waals surface area contributed by atoms with Crippen LogP contribution in [0.4, 0.5) is 10.5 Å². The Labute approximate surface area is 111 Å². The van der Waals surface area contributed by atoms with Crippen LogP contribution >= 0.6 is 0 Å². The molecule has 0 saturated heterocycles. The van der Waals surface area contributed by atoms with E-state index < -0.39 is 5.97 Å². The molecule has 0 radical (unpaired) electrons. The smallest absolute Gasteiger partial charge is 0.335 e. The fourth-order valence-electron chi connectivity index (χ4n) is 1.70. The first kappa shape index (κ1) is 13.1. The number of nitrogens with one attached hydrogen (secondary N) is 2. The summed E-state index contributed by atoms with van der Waals surface area (Å²) in [6.07, 6.45) is 4.11. The molecule has 2 rings (SSSR count). The minimum absolute atomic E-state index is 0.190. The summed E-state index contributed by atoms with van der Waals surface area (Å²) in [4.78, 5) is 22.3. The summed E-state index contributed by atoms with van der Waals surface area (Å²) in [5.74, 6) is -0.367. The first-order chi connectivity index (χ1) is 9.06. The van der Waals surface area contributed by atoms with E-state index in [0.29, 0.717) is 11.6 Å². The molecule has 0 bridgehead atoms. The number of benzene rings is 1. The molecule has 0 spiro atoms. The molecule has 1 aromatic carbocycles. The molecule has 1 aliphatic rings. The first-order valence-electron chi connectivity index (χ1n) is 6.14. The predicted molar refractivity (Wildman–Crippen MR) is 72.0 cm³/mol. The Bertz CT molecular complexity index is 516. The Balaban J connectivity index is 1.87. The number of aromatic carboxylic acids is 1. The summed E-state index contributed by atoms with van der Waals surface area (Å²) in [6, 6.07) is 5.68. The Hall–Kier alpha value is -2.30. The van der Waals surface area contributed by atoms with Crippen LogP contribution in [0.25, 0.3) is 0 Å². The molecule has 5 heteroatoms. The maximum absolute atomic E-state index is 11.6. The van der Waals surface area contributed by atoms with Crippen molar-refractivity contribution in [3.63, 3.8) is 0 Å². The Morgan fingerprint density at radius 3 is 2.42 bits per heavy atom. The van der Waals surface area contributed by atoms with E-state index in [1.165, 1.54) is 30.5 Å². The van der Waals surface area contributed by atoms with Crippen molar-refractivity contribution >= 4 is 17.7 Å². The molecule has 1 saturated carbocycles. The van der Waals surface area contributed by atoms with E-state index in [2.05, 4.69) is 10.6 Å². The van der Waals surface area contributed by atoms with E-state index in [1.54, 1.807) is 18.3 Å². The average Bonchev–Trinajstić information content (AvgIpc) is 3.21. The molecular formula is C14H16N2O3. The van der Waals surface area contributed by atoms with Crippen molar-refractivity contribution in [2.75, 3.05) is 5.32 Å². The van der Waals surface area contributed by atoms with E-state index in [1.807, 2.05) is 6.92 Å². The van der Waals surface area contributed by atoms with E-state index in [9.17, 15) is 9.59 Å². The van der Waals surface area contributed by atoms with E-state index in [-0.39, 0.29) is 11.6 Å². The third-order valence-corrected chi connectivity index (χ3v) is 3.04. The summed E-state index contributed by atoms with van der Waals surface area (Å²) in [6.45, 7) is 2.00. The standard InChI is InChI=1S/C14H16N2O3/c1-9(10-2-3-10)8-15-14(19)16-12-6-4-11(5-7-12)13(17)18/h4-8,10H,2-3H2,1H3,(H,17,18)(H2,15,16,19)/b9-8+. The molecule has 1 aliphatic carbocycles. The molecular weight excluding hydrogens is 244 g/mol. The largest absolute Gasteiger partial charge is 0.478 e. The van der Waals surface area contributed by atoms with Gasteiger partial charge < -0.3 is 15.7 Å². The highest BCUT2D eigenvalue weighted by Gasteiger charge is 2.22. The maximum atomic E-state index is 11.6. The second kappa shape index (κ2) is 5.56. The zero-order valence-electron chi connectivity index (χ0n) is 10.6. The van der Waals surface area contributed by atoms with Crippen molar-refractivity contribution in [3.05, 3.63) is 41.6 Å². The van der Waals surface area contributed by atoms with Crippen molar-refractivity contribution in [2.45, 2.75) is 19.8 Å². The number of carbonyl (C=O) groups excluding carboxylic acids is 1. The number of anilines is 1. The molecule has 0 heterocycles. The number of urea groups is 1. The summed E-state index contributed by atoms with van der Waals surface area (Å²) in [7, 11) is 0. The average molecular weight is 260 g/mol. The van der Waals surface area contributed by atoms with Crippen LogP contribution in [0.3, 0.4) is 0 Å².